The highest BCUT2D eigenvalue weighted by Gasteiger charge is 2.70. The lowest BCUT2D eigenvalue weighted by atomic mass is 9.82. The molecule has 1 saturated heterocycles. The molecule has 0 aliphatic carbocycles. The number of amides is 4. The number of hydrogen-bond donors (Lipinski definition) is 2. The fourth-order valence-electron chi connectivity index (χ4n) is 5.09. The van der Waals surface area contributed by atoms with Crippen molar-refractivity contribution < 1.29 is 55.0 Å². The first-order valence-corrected chi connectivity index (χ1v) is 12.5. The molecule has 41 heavy (non-hydrogen) atoms. The van der Waals surface area contributed by atoms with E-state index in [2.05, 4.69) is 4.74 Å². The molecule has 1 fully saturated rings. The molecule has 3 aliphatic heterocycles. The fraction of sp³-hybridized carbons (Fsp3) is 0.520. The van der Waals surface area contributed by atoms with Crippen molar-refractivity contribution in [1.29, 1.82) is 0 Å². The average Bonchev–Trinajstić information content (AvgIpc) is 3.50. The van der Waals surface area contributed by atoms with Crippen LogP contribution in [0.1, 0.15) is 36.0 Å². The molecule has 0 spiro atoms. The molecule has 0 saturated carbocycles. The van der Waals surface area contributed by atoms with Crippen LogP contribution >= 0.6 is 0 Å². The van der Waals surface area contributed by atoms with Gasteiger partial charge in [0.2, 0.25) is 11.8 Å². The number of rotatable bonds is 1. The number of nitrogens with one attached hydrogen (secondary N) is 1. The Morgan fingerprint density at radius 3 is 2.44 bits per heavy atom. The molecule has 16 heteroatoms. The quantitative estimate of drug-likeness (QED) is 0.482. The van der Waals surface area contributed by atoms with Crippen molar-refractivity contribution in [3.63, 3.8) is 0 Å². The van der Waals surface area contributed by atoms with Crippen molar-refractivity contribution >= 4 is 30.1 Å². The smallest absolute Gasteiger partial charge is 0.410 e. The highest BCUT2D eigenvalue weighted by Crippen LogP contribution is 2.53. The van der Waals surface area contributed by atoms with E-state index in [1.54, 1.807) is 23.5 Å². The van der Waals surface area contributed by atoms with E-state index in [1.165, 1.54) is 11.0 Å². The molecule has 3 aliphatic rings. The summed E-state index contributed by atoms with van der Waals surface area (Å²) in [5, 5.41) is 1.80. The van der Waals surface area contributed by atoms with Gasteiger partial charge < -0.3 is 25.4 Å². The standard InChI is InChI=1S/C25H26F6N4O6/c26-24(27,28)23(25(29,30)31)7-2-1-4-14-5-3-6-15-10-34(12-17(14)15)22(39)41-16-8-18(20(32)37)35(11-16)19(36)9-33-21(38)40-13-23/h1,3-6,16,18H,2,7-13H2,(H2,32,37)(H,33,38)/b4-1+/t16-,18+/m1/s1. The van der Waals surface area contributed by atoms with Gasteiger partial charge in [0.15, 0.2) is 5.41 Å². The van der Waals surface area contributed by atoms with Crippen molar-refractivity contribution in [1.82, 2.24) is 15.1 Å². The molecule has 4 bridgehead atoms. The summed E-state index contributed by atoms with van der Waals surface area (Å²) < 4.78 is 93.3. The van der Waals surface area contributed by atoms with Gasteiger partial charge in [-0.05, 0) is 29.5 Å². The van der Waals surface area contributed by atoms with E-state index in [0.29, 0.717) is 16.7 Å². The number of nitrogens with zero attached hydrogens (tertiary/aromatic N) is 2. The molecule has 3 N–H and O–H groups in total. The van der Waals surface area contributed by atoms with Gasteiger partial charge in [0.05, 0.1) is 13.1 Å². The summed E-state index contributed by atoms with van der Waals surface area (Å²) in [6.45, 7) is -3.11. The summed E-state index contributed by atoms with van der Waals surface area (Å²) in [5.74, 6) is -1.89. The zero-order chi connectivity index (χ0) is 30.2. The highest BCUT2D eigenvalue weighted by molar-refractivity contribution is 5.89. The molecule has 0 unspecified atom stereocenters. The van der Waals surface area contributed by atoms with Crippen molar-refractivity contribution in [3.8, 4) is 0 Å². The van der Waals surface area contributed by atoms with Crippen molar-refractivity contribution in [2.45, 2.75) is 56.9 Å². The second-order valence-corrected chi connectivity index (χ2v) is 10.00. The van der Waals surface area contributed by atoms with E-state index < -0.39 is 79.9 Å². The number of cyclic esters (lactones) is 1. The normalized spacial score (nSPS) is 24.8. The predicted molar refractivity (Wildman–Crippen MR) is 127 cm³/mol. The number of carbonyl (C=O) groups is 4. The van der Waals surface area contributed by atoms with Crippen LogP contribution in [-0.4, -0.2) is 78.0 Å². The first-order valence-electron chi connectivity index (χ1n) is 12.5. The first-order chi connectivity index (χ1) is 19.1. The SMILES string of the molecule is NC(=O)[C@@H]1C[C@@H]2CN1C(=O)CNC(=O)OCC(C(F)(F)F)(C(F)(F)F)CC/C=C/c1cccc3c1CN(C3)C(=O)O2. The Bertz CT molecular complexity index is 1240. The van der Waals surface area contributed by atoms with Crippen molar-refractivity contribution in [2.75, 3.05) is 19.7 Å². The lowest BCUT2D eigenvalue weighted by Crippen LogP contribution is -2.54. The molecule has 4 rings (SSSR count). The van der Waals surface area contributed by atoms with Gasteiger partial charge in [-0.2, -0.15) is 26.3 Å². The lowest BCUT2D eigenvalue weighted by Gasteiger charge is -2.36. The third kappa shape index (κ3) is 6.05. The maximum atomic E-state index is 13.9. The summed E-state index contributed by atoms with van der Waals surface area (Å²) in [6, 6.07) is 3.71. The maximum Gasteiger partial charge on any atom is 0.410 e. The second kappa shape index (κ2) is 11.1. The summed E-state index contributed by atoms with van der Waals surface area (Å²) in [6.07, 6.45) is -14.9. The molecule has 4 amide bonds. The van der Waals surface area contributed by atoms with Crippen LogP contribution in [0, 0.1) is 5.41 Å². The topological polar surface area (TPSA) is 131 Å². The minimum Gasteiger partial charge on any atom is -0.448 e. The number of primary amides is 1. The van der Waals surface area contributed by atoms with Gasteiger partial charge in [0.25, 0.3) is 0 Å². The molecule has 1 aromatic rings. The van der Waals surface area contributed by atoms with Gasteiger partial charge in [-0.3, -0.25) is 14.5 Å². The maximum absolute atomic E-state index is 13.9. The van der Waals surface area contributed by atoms with Crippen LogP contribution in [0.5, 0.6) is 0 Å². The number of fused-ring (bicyclic) bond motifs is 3. The number of alkyl halides is 6. The Kier molecular flexibility index (Phi) is 8.14. The third-order valence-electron chi connectivity index (χ3n) is 7.41. The van der Waals surface area contributed by atoms with Gasteiger partial charge >= 0.3 is 24.5 Å². The predicted octanol–water partition coefficient (Wildman–Crippen LogP) is 3.24. The molecule has 1 aromatic carbocycles. The number of alkyl carbamates (subject to hydrolysis) is 1. The largest absolute Gasteiger partial charge is 0.448 e. The Morgan fingerprint density at radius 1 is 1.07 bits per heavy atom. The van der Waals surface area contributed by atoms with Crippen LogP contribution in [0.25, 0.3) is 6.08 Å². The number of hydrogen-bond acceptors (Lipinski definition) is 6. The molecule has 224 valence electrons. The van der Waals surface area contributed by atoms with Crippen LogP contribution in [-0.2, 0) is 32.2 Å². The number of halogens is 6. The third-order valence-corrected chi connectivity index (χ3v) is 7.41. The Morgan fingerprint density at radius 2 is 1.78 bits per heavy atom. The first kappa shape index (κ1) is 30.0. The van der Waals surface area contributed by atoms with Gasteiger partial charge in [-0.15, -0.1) is 0 Å². The van der Waals surface area contributed by atoms with E-state index in [4.69, 9.17) is 10.5 Å². The van der Waals surface area contributed by atoms with Crippen LogP contribution in [0.15, 0.2) is 24.3 Å². The molecule has 0 radical (unpaired) electrons. The van der Waals surface area contributed by atoms with Crippen molar-refractivity contribution in [3.05, 3.63) is 41.0 Å². The van der Waals surface area contributed by atoms with Gasteiger partial charge in [0.1, 0.15) is 25.3 Å². The van der Waals surface area contributed by atoms with Gasteiger partial charge in [0, 0.05) is 13.0 Å². The van der Waals surface area contributed by atoms with E-state index in [9.17, 15) is 45.5 Å². The zero-order valence-corrected chi connectivity index (χ0v) is 21.4. The minimum atomic E-state index is -5.83. The zero-order valence-electron chi connectivity index (χ0n) is 21.4. The molecule has 0 aromatic heterocycles. The Hall–Kier alpha value is -3.98. The molecule has 3 heterocycles. The number of carbonyl (C=O) groups excluding carboxylic acids is 4. The van der Waals surface area contributed by atoms with Crippen LogP contribution in [0.2, 0.25) is 0 Å². The van der Waals surface area contributed by atoms with E-state index in [1.807, 2.05) is 0 Å². The minimum absolute atomic E-state index is 0.0538. The molecule has 10 nitrogen and oxygen atoms in total. The van der Waals surface area contributed by atoms with Gasteiger partial charge in [-0.1, -0.05) is 30.4 Å². The summed E-state index contributed by atoms with van der Waals surface area (Å²) in [7, 11) is 0. The van der Waals surface area contributed by atoms with Gasteiger partial charge in [-0.25, -0.2) is 9.59 Å². The van der Waals surface area contributed by atoms with E-state index in [0.717, 1.165) is 11.0 Å². The van der Waals surface area contributed by atoms with E-state index in [-0.39, 0.29) is 26.1 Å². The highest BCUT2D eigenvalue weighted by atomic mass is 19.4. The summed E-state index contributed by atoms with van der Waals surface area (Å²) in [5.41, 5.74) is 2.80. The summed E-state index contributed by atoms with van der Waals surface area (Å²) >= 11 is 0. The van der Waals surface area contributed by atoms with Crippen LogP contribution in [0.4, 0.5) is 35.9 Å². The summed E-state index contributed by atoms with van der Waals surface area (Å²) in [4.78, 5) is 51.9. The lowest BCUT2D eigenvalue weighted by molar-refractivity contribution is -0.350. The monoisotopic (exact) mass is 592 g/mol. The second-order valence-electron chi connectivity index (χ2n) is 10.00. The number of benzene rings is 1. The number of nitrogens with two attached hydrogens (primary N) is 1. The molecule has 2 atom stereocenters. The Balaban J connectivity index is 1.66. The molecular formula is C25H26F6N4O6. The molecular weight excluding hydrogens is 566 g/mol. The van der Waals surface area contributed by atoms with Crippen LogP contribution in [0.3, 0.4) is 0 Å². The van der Waals surface area contributed by atoms with Crippen molar-refractivity contribution in [2.24, 2.45) is 11.1 Å². The number of allylic oxidation sites excluding steroid dienone is 1. The fourth-order valence-corrected chi connectivity index (χ4v) is 5.09. The number of ether oxygens (including phenoxy) is 2. The Labute approximate surface area is 229 Å². The van der Waals surface area contributed by atoms with E-state index >= 15 is 0 Å². The average molecular weight is 592 g/mol. The van der Waals surface area contributed by atoms with Crippen LogP contribution < -0.4 is 11.1 Å².